The van der Waals surface area contributed by atoms with E-state index >= 15 is 0 Å². The maximum absolute atomic E-state index is 4.19. The molecule has 37 heavy (non-hydrogen) atoms. The van der Waals surface area contributed by atoms with Crippen LogP contribution in [0.1, 0.15) is 0 Å². The summed E-state index contributed by atoms with van der Waals surface area (Å²) in [6, 6.07) is 34.8. The van der Waals surface area contributed by atoms with E-state index in [9.17, 15) is 0 Å². The molecule has 6 aromatic heterocycles. The minimum absolute atomic E-state index is 0. The Morgan fingerprint density at radius 2 is 0.405 bits per heavy atom. The Morgan fingerprint density at radius 1 is 0.243 bits per heavy atom. The molecule has 0 saturated heterocycles. The monoisotopic (exact) mass is 519 g/mol. The molecule has 0 aliphatic rings. The van der Waals surface area contributed by atoms with E-state index in [1.807, 2.05) is 109 Å². The van der Waals surface area contributed by atoms with Crippen LogP contribution in [-0.2, 0) is 18.6 Å². The van der Waals surface area contributed by atoms with Crippen LogP contribution >= 0.6 is 0 Å². The number of nitrogens with zero attached hydrogens (tertiary/aromatic N) is 6. The van der Waals surface area contributed by atoms with Gasteiger partial charge < -0.3 is 0 Å². The van der Waals surface area contributed by atoms with E-state index in [0.29, 0.717) is 0 Å². The molecular weight excluding hydrogens is 495 g/mol. The fourth-order valence-electron chi connectivity index (χ4n) is 3.09. The average molecular weight is 520 g/mol. The van der Waals surface area contributed by atoms with Crippen molar-refractivity contribution >= 4 is 0 Å². The largest absolute Gasteiger partial charge is 2.00 e. The normalized spacial score (nSPS) is 9.41. The minimum Gasteiger partial charge on any atom is -0.255 e. The van der Waals surface area contributed by atoms with Gasteiger partial charge in [-0.15, -0.1) is 0 Å². The Bertz CT molecular complexity index is 1100. The van der Waals surface area contributed by atoms with Gasteiger partial charge in [-0.2, -0.15) is 0 Å². The molecule has 0 saturated carbocycles. The molecule has 0 N–H and O–H groups in total. The van der Waals surface area contributed by atoms with Gasteiger partial charge >= 0.3 is 18.6 Å². The first kappa shape index (κ1) is 27.1. The molecule has 6 rings (SSSR count). The van der Waals surface area contributed by atoms with Crippen LogP contribution in [-0.4, -0.2) is 29.9 Å². The molecule has 0 amide bonds. The summed E-state index contributed by atoms with van der Waals surface area (Å²) in [5.74, 6) is 0. The van der Waals surface area contributed by atoms with E-state index in [2.05, 4.69) is 29.9 Å². The molecule has 0 aromatic carbocycles. The van der Waals surface area contributed by atoms with Crippen LogP contribution in [0.25, 0.3) is 34.2 Å². The zero-order chi connectivity index (χ0) is 24.7. The molecule has 0 spiro atoms. The Hall–Kier alpha value is -4.52. The summed E-state index contributed by atoms with van der Waals surface area (Å²) in [6.45, 7) is 0. The summed E-state index contributed by atoms with van der Waals surface area (Å²) in [6.07, 6.45) is 10.6. The van der Waals surface area contributed by atoms with Crippen molar-refractivity contribution in [3.8, 4) is 34.2 Å². The molecule has 0 fully saturated rings. The fourth-order valence-corrected chi connectivity index (χ4v) is 3.09. The molecule has 6 heterocycles. The van der Waals surface area contributed by atoms with Crippen molar-refractivity contribution in [3.05, 3.63) is 146 Å². The van der Waals surface area contributed by atoms with Gasteiger partial charge in [-0.05, 0) is 72.8 Å². The van der Waals surface area contributed by atoms with E-state index in [1.54, 1.807) is 37.2 Å². The Kier molecular flexibility index (Phi) is 11.3. The van der Waals surface area contributed by atoms with Crippen molar-refractivity contribution < 1.29 is 18.6 Å². The van der Waals surface area contributed by atoms with Crippen LogP contribution in [0.15, 0.2) is 146 Å². The summed E-state index contributed by atoms with van der Waals surface area (Å²) in [5.41, 5.74) is 5.49. The first-order valence-corrected chi connectivity index (χ1v) is 11.4. The quantitative estimate of drug-likeness (QED) is 0.268. The van der Waals surface area contributed by atoms with E-state index < -0.39 is 0 Å². The van der Waals surface area contributed by atoms with Crippen molar-refractivity contribution in [2.75, 3.05) is 0 Å². The zero-order valence-corrected chi connectivity index (χ0v) is 21.4. The molecule has 6 aromatic rings. The second-order valence-electron chi connectivity index (χ2n) is 7.29. The van der Waals surface area contributed by atoms with E-state index in [4.69, 9.17) is 0 Å². The van der Waals surface area contributed by atoms with E-state index in [-0.39, 0.29) is 18.6 Å². The molecule has 0 bridgehead atoms. The molecule has 177 valence electrons. The predicted molar refractivity (Wildman–Crippen MR) is 142 cm³/mol. The minimum atomic E-state index is 0. The number of hydrogen-bond donors (Lipinski definition) is 0. The van der Waals surface area contributed by atoms with Crippen LogP contribution in [0, 0.1) is 0 Å². The van der Waals surface area contributed by atoms with Crippen molar-refractivity contribution in [2.45, 2.75) is 0 Å². The van der Waals surface area contributed by atoms with Gasteiger partial charge in [0.25, 0.3) is 0 Å². The van der Waals surface area contributed by atoms with Crippen molar-refractivity contribution in [3.63, 3.8) is 0 Å². The van der Waals surface area contributed by atoms with Crippen LogP contribution < -0.4 is 0 Å². The summed E-state index contributed by atoms with van der Waals surface area (Å²) >= 11 is 0. The van der Waals surface area contributed by atoms with Crippen LogP contribution in [0.4, 0.5) is 0 Å². The van der Waals surface area contributed by atoms with Gasteiger partial charge in [0.05, 0.1) is 34.2 Å². The van der Waals surface area contributed by atoms with Crippen LogP contribution in [0.3, 0.4) is 0 Å². The smallest absolute Gasteiger partial charge is 0.255 e. The van der Waals surface area contributed by atoms with E-state index in [0.717, 1.165) is 34.2 Å². The number of rotatable bonds is 3. The van der Waals surface area contributed by atoms with E-state index in [1.165, 1.54) is 0 Å². The van der Waals surface area contributed by atoms with Crippen LogP contribution in [0.2, 0.25) is 0 Å². The van der Waals surface area contributed by atoms with Gasteiger partial charge in [-0.1, -0.05) is 36.4 Å². The molecule has 6 nitrogen and oxygen atoms in total. The average Bonchev–Trinajstić information content (AvgIpc) is 3.01. The van der Waals surface area contributed by atoms with Gasteiger partial charge in [-0.25, -0.2) is 0 Å². The second-order valence-corrected chi connectivity index (χ2v) is 7.29. The Labute approximate surface area is 228 Å². The van der Waals surface area contributed by atoms with Gasteiger partial charge in [0.1, 0.15) is 0 Å². The second kappa shape index (κ2) is 15.5. The molecule has 7 heteroatoms. The third-order valence-corrected chi connectivity index (χ3v) is 4.78. The standard InChI is InChI=1S/3C10H8N2.V/c3*1-3-7-11-9(5-1)10-6-2-4-8-12-10;/h3*1-8H;/q;;;+2. The topological polar surface area (TPSA) is 77.3 Å². The van der Waals surface area contributed by atoms with Crippen LogP contribution in [0.5, 0.6) is 0 Å². The third-order valence-electron chi connectivity index (χ3n) is 4.78. The number of pyridine rings is 6. The van der Waals surface area contributed by atoms with Gasteiger partial charge in [0.15, 0.2) is 0 Å². The molecule has 0 atom stereocenters. The summed E-state index contributed by atoms with van der Waals surface area (Å²) in [4.78, 5) is 25.1. The molecule has 1 radical (unpaired) electrons. The zero-order valence-electron chi connectivity index (χ0n) is 20.0. The van der Waals surface area contributed by atoms with Crippen molar-refractivity contribution in [1.82, 2.24) is 29.9 Å². The Morgan fingerprint density at radius 3 is 0.514 bits per heavy atom. The molecule has 0 aliphatic heterocycles. The molecular formula is C30H24N6V+2. The van der Waals surface area contributed by atoms with Gasteiger partial charge in [0.2, 0.25) is 0 Å². The maximum atomic E-state index is 4.19. The summed E-state index contributed by atoms with van der Waals surface area (Å²) < 4.78 is 0. The molecule has 0 aliphatic carbocycles. The summed E-state index contributed by atoms with van der Waals surface area (Å²) in [7, 11) is 0. The summed E-state index contributed by atoms with van der Waals surface area (Å²) in [5, 5.41) is 0. The third kappa shape index (κ3) is 8.89. The van der Waals surface area contributed by atoms with Gasteiger partial charge in [-0.3, -0.25) is 29.9 Å². The van der Waals surface area contributed by atoms with Gasteiger partial charge in [0, 0.05) is 37.2 Å². The van der Waals surface area contributed by atoms with Crippen molar-refractivity contribution in [2.24, 2.45) is 0 Å². The Balaban J connectivity index is 0.000000152. The SMILES string of the molecule is [V+2].c1ccc(-c2ccccn2)nc1.c1ccc(-c2ccccn2)nc1.c1ccc(-c2ccccn2)nc1. The first-order chi connectivity index (χ1) is 17.9. The fraction of sp³-hybridized carbons (Fsp3) is 0. The predicted octanol–water partition coefficient (Wildman–Crippen LogP) is 6.43. The number of hydrogen-bond acceptors (Lipinski definition) is 6. The van der Waals surface area contributed by atoms with Crippen molar-refractivity contribution in [1.29, 1.82) is 0 Å². The first-order valence-electron chi connectivity index (χ1n) is 11.4. The maximum Gasteiger partial charge on any atom is 2.00 e. The number of aromatic nitrogens is 6. The molecule has 0 unspecified atom stereocenters.